The molecule has 2 aliphatic rings. The molecule has 0 aliphatic carbocycles. The van der Waals surface area contributed by atoms with Crippen LogP contribution >= 0.6 is 0 Å². The molecular weight excluding hydrogens is 287 g/mol. The van der Waals surface area contributed by atoms with Gasteiger partial charge in [0.25, 0.3) is 0 Å². The molecule has 0 aromatic carbocycles. The van der Waals surface area contributed by atoms with Gasteiger partial charge in [-0.15, -0.1) is 10.2 Å². The Morgan fingerprint density at radius 2 is 1.90 bits per heavy atom. The molecule has 0 bridgehead atoms. The highest BCUT2D eigenvalue weighted by Crippen LogP contribution is 2.29. The van der Waals surface area contributed by atoms with Gasteiger partial charge < -0.3 is 14.8 Å². The third kappa shape index (κ3) is 2.74. The highest BCUT2D eigenvalue weighted by Gasteiger charge is 2.40. The molecule has 1 aromatic rings. The van der Waals surface area contributed by atoms with Crippen LogP contribution in [0.4, 0.5) is 13.2 Å². The second kappa shape index (κ2) is 5.28. The van der Waals surface area contributed by atoms with Crippen LogP contribution in [0.1, 0.15) is 24.5 Å². The maximum atomic E-state index is 12.7. The molecule has 1 saturated heterocycles. The zero-order valence-electron chi connectivity index (χ0n) is 11.4. The highest BCUT2D eigenvalue weighted by molar-refractivity contribution is 5.79. The summed E-state index contributed by atoms with van der Waals surface area (Å²) in [5, 5.41) is 9.99. The molecule has 0 spiro atoms. The first kappa shape index (κ1) is 14.3. The van der Waals surface area contributed by atoms with Crippen molar-refractivity contribution in [2.24, 2.45) is 5.92 Å². The Morgan fingerprint density at radius 1 is 1.19 bits per heavy atom. The number of piperidine rings is 1. The number of nitrogens with zero attached hydrogens (tertiary/aromatic N) is 4. The molecule has 0 radical (unpaired) electrons. The lowest BCUT2D eigenvalue weighted by molar-refractivity contribution is -0.148. The van der Waals surface area contributed by atoms with Crippen LogP contribution in [0.15, 0.2) is 0 Å². The zero-order valence-corrected chi connectivity index (χ0v) is 11.4. The molecule has 0 atom stereocenters. The number of carbonyl (C=O) groups excluding carboxylic acids is 1. The largest absolute Gasteiger partial charge is 0.451 e. The van der Waals surface area contributed by atoms with Gasteiger partial charge in [-0.05, 0) is 25.9 Å². The van der Waals surface area contributed by atoms with Crippen LogP contribution in [0.25, 0.3) is 0 Å². The van der Waals surface area contributed by atoms with E-state index in [2.05, 4.69) is 15.5 Å². The van der Waals surface area contributed by atoms with Crippen LogP contribution in [0.2, 0.25) is 0 Å². The normalized spacial score (nSPS) is 20.4. The van der Waals surface area contributed by atoms with Crippen molar-refractivity contribution in [1.29, 1.82) is 0 Å². The Hall–Kier alpha value is -1.64. The van der Waals surface area contributed by atoms with Crippen LogP contribution in [0, 0.1) is 5.92 Å². The molecule has 1 fully saturated rings. The first-order valence-corrected chi connectivity index (χ1v) is 6.95. The van der Waals surface area contributed by atoms with Gasteiger partial charge in [-0.25, -0.2) is 0 Å². The van der Waals surface area contributed by atoms with Crippen molar-refractivity contribution in [3.05, 3.63) is 11.6 Å². The molecule has 6 nitrogen and oxygen atoms in total. The van der Waals surface area contributed by atoms with Crippen LogP contribution in [0.3, 0.4) is 0 Å². The smallest absolute Gasteiger partial charge is 0.333 e. The fourth-order valence-electron chi connectivity index (χ4n) is 2.88. The number of aromatic nitrogens is 3. The average molecular weight is 303 g/mol. The standard InChI is InChI=1S/C12H16F3N5O/c13-12(14,15)11-18-17-9-7-19(5-6-20(9)11)10(21)8-1-3-16-4-2-8/h8,16H,1-7H2. The van der Waals surface area contributed by atoms with E-state index >= 15 is 0 Å². The molecule has 0 saturated carbocycles. The van der Waals surface area contributed by atoms with E-state index in [1.807, 2.05) is 0 Å². The number of fused-ring (bicyclic) bond motifs is 1. The number of rotatable bonds is 1. The van der Waals surface area contributed by atoms with Crippen molar-refractivity contribution in [2.75, 3.05) is 19.6 Å². The second-order valence-electron chi connectivity index (χ2n) is 5.37. The van der Waals surface area contributed by atoms with Gasteiger partial charge in [0.1, 0.15) is 0 Å². The fourth-order valence-corrected chi connectivity index (χ4v) is 2.88. The van der Waals surface area contributed by atoms with E-state index in [0.717, 1.165) is 30.5 Å². The van der Waals surface area contributed by atoms with Gasteiger partial charge in [0.05, 0.1) is 6.54 Å². The van der Waals surface area contributed by atoms with Crippen LogP contribution in [-0.4, -0.2) is 45.2 Å². The van der Waals surface area contributed by atoms with Crippen LogP contribution in [0.5, 0.6) is 0 Å². The van der Waals surface area contributed by atoms with E-state index in [9.17, 15) is 18.0 Å². The highest BCUT2D eigenvalue weighted by atomic mass is 19.4. The molecular formula is C12H16F3N5O. The summed E-state index contributed by atoms with van der Waals surface area (Å²) < 4.78 is 39.3. The van der Waals surface area contributed by atoms with Crippen molar-refractivity contribution in [1.82, 2.24) is 25.0 Å². The fraction of sp³-hybridized carbons (Fsp3) is 0.750. The van der Waals surface area contributed by atoms with Crippen molar-refractivity contribution < 1.29 is 18.0 Å². The SMILES string of the molecule is O=C(C1CCNCC1)N1CCn2c(nnc2C(F)(F)F)C1. The van der Waals surface area contributed by atoms with E-state index in [1.165, 1.54) is 0 Å². The topological polar surface area (TPSA) is 63.1 Å². The Morgan fingerprint density at radius 3 is 2.57 bits per heavy atom. The maximum absolute atomic E-state index is 12.7. The molecule has 3 rings (SSSR count). The number of hydrogen-bond donors (Lipinski definition) is 1. The van der Waals surface area contributed by atoms with E-state index in [4.69, 9.17) is 0 Å². The number of alkyl halides is 3. The first-order chi connectivity index (χ1) is 9.97. The summed E-state index contributed by atoms with van der Waals surface area (Å²) in [6.45, 7) is 2.08. The van der Waals surface area contributed by atoms with Gasteiger partial charge in [-0.3, -0.25) is 4.79 Å². The minimum absolute atomic E-state index is 0.0132. The lowest BCUT2D eigenvalue weighted by Gasteiger charge is -2.32. The quantitative estimate of drug-likeness (QED) is 0.827. The number of nitrogens with one attached hydrogen (secondary N) is 1. The summed E-state index contributed by atoms with van der Waals surface area (Å²) in [6.07, 6.45) is -2.96. The van der Waals surface area contributed by atoms with E-state index in [1.54, 1.807) is 4.90 Å². The predicted molar refractivity (Wildman–Crippen MR) is 66.0 cm³/mol. The molecule has 9 heteroatoms. The third-order valence-corrected chi connectivity index (χ3v) is 4.01. The van der Waals surface area contributed by atoms with Crippen LogP contribution < -0.4 is 5.32 Å². The van der Waals surface area contributed by atoms with E-state index < -0.39 is 12.0 Å². The zero-order chi connectivity index (χ0) is 15.0. The summed E-state index contributed by atoms with van der Waals surface area (Å²) in [7, 11) is 0. The molecule has 1 aromatic heterocycles. The van der Waals surface area contributed by atoms with E-state index in [0.29, 0.717) is 0 Å². The number of carbonyl (C=O) groups is 1. The Kier molecular flexibility index (Phi) is 3.60. The molecule has 21 heavy (non-hydrogen) atoms. The van der Waals surface area contributed by atoms with Crippen LogP contribution in [-0.2, 0) is 24.1 Å². The molecule has 3 heterocycles. The molecule has 1 N–H and O–H groups in total. The molecule has 0 unspecified atom stereocenters. The third-order valence-electron chi connectivity index (χ3n) is 4.01. The summed E-state index contributed by atoms with van der Waals surface area (Å²) in [6, 6.07) is 0. The van der Waals surface area contributed by atoms with E-state index in [-0.39, 0.29) is 37.3 Å². The van der Waals surface area contributed by atoms with Crippen molar-refractivity contribution in [3.63, 3.8) is 0 Å². The summed E-state index contributed by atoms with van der Waals surface area (Å²) in [5.74, 6) is -0.801. The van der Waals surface area contributed by atoms with Gasteiger partial charge in [0, 0.05) is 19.0 Å². The van der Waals surface area contributed by atoms with Gasteiger partial charge in [0.15, 0.2) is 5.82 Å². The van der Waals surface area contributed by atoms with Crippen molar-refractivity contribution >= 4 is 5.91 Å². The minimum Gasteiger partial charge on any atom is -0.333 e. The van der Waals surface area contributed by atoms with Gasteiger partial charge in [0.2, 0.25) is 11.7 Å². The number of amides is 1. The van der Waals surface area contributed by atoms with Gasteiger partial charge >= 0.3 is 6.18 Å². The lowest BCUT2D eigenvalue weighted by Crippen LogP contribution is -2.44. The molecule has 1 amide bonds. The minimum atomic E-state index is -4.51. The predicted octanol–water partition coefficient (Wildman–Crippen LogP) is 0.639. The molecule has 116 valence electrons. The first-order valence-electron chi connectivity index (χ1n) is 6.95. The number of hydrogen-bond acceptors (Lipinski definition) is 4. The second-order valence-corrected chi connectivity index (χ2v) is 5.37. The van der Waals surface area contributed by atoms with Gasteiger partial charge in [-0.2, -0.15) is 13.2 Å². The maximum Gasteiger partial charge on any atom is 0.451 e. The Labute approximate surface area is 119 Å². The average Bonchev–Trinajstić information content (AvgIpc) is 2.90. The monoisotopic (exact) mass is 303 g/mol. The molecule has 2 aliphatic heterocycles. The lowest BCUT2D eigenvalue weighted by atomic mass is 9.96. The summed E-state index contributed by atoms with van der Waals surface area (Å²) in [5.41, 5.74) is 0. The Bertz CT molecular complexity index is 535. The van der Waals surface area contributed by atoms with Crippen molar-refractivity contribution in [2.45, 2.75) is 32.1 Å². The van der Waals surface area contributed by atoms with Gasteiger partial charge in [-0.1, -0.05) is 0 Å². The van der Waals surface area contributed by atoms with Crippen molar-refractivity contribution in [3.8, 4) is 0 Å². The summed E-state index contributed by atoms with van der Waals surface area (Å²) in [4.78, 5) is 14.0. The summed E-state index contributed by atoms with van der Waals surface area (Å²) >= 11 is 0. The Balaban J connectivity index is 1.73. The number of halogens is 3.